The molecule has 1 aromatic rings. The first-order chi connectivity index (χ1) is 9.09. The highest BCUT2D eigenvalue weighted by molar-refractivity contribution is 7.80. The van der Waals surface area contributed by atoms with Crippen LogP contribution in [0.2, 0.25) is 0 Å². The molecule has 2 rings (SSSR count). The largest absolute Gasteiger partial charge is 0.389 e. The number of thiocarbonyl (C=S) groups is 1. The Kier molecular flexibility index (Phi) is 4.80. The highest BCUT2D eigenvalue weighted by Crippen LogP contribution is 2.26. The van der Waals surface area contributed by atoms with Crippen LogP contribution in [0.15, 0.2) is 0 Å². The van der Waals surface area contributed by atoms with Gasteiger partial charge in [-0.05, 0) is 19.3 Å². The summed E-state index contributed by atoms with van der Waals surface area (Å²) in [6.45, 7) is 2.92. The molecule has 1 aromatic heterocycles. The normalized spacial score (nSPS) is 16.5. The second kappa shape index (κ2) is 6.37. The lowest BCUT2D eigenvalue weighted by Gasteiger charge is -2.21. The van der Waals surface area contributed by atoms with E-state index in [1.807, 2.05) is 18.7 Å². The highest BCUT2D eigenvalue weighted by atomic mass is 32.1. The molecule has 1 aliphatic rings. The number of hydrogen-bond acceptors (Lipinski definition) is 3. The van der Waals surface area contributed by atoms with Crippen molar-refractivity contribution in [3.8, 4) is 0 Å². The summed E-state index contributed by atoms with van der Waals surface area (Å²) < 4.78 is 1.84. The number of hydrogen-bond donors (Lipinski definition) is 2. The van der Waals surface area contributed by atoms with Crippen LogP contribution in [0.5, 0.6) is 0 Å². The summed E-state index contributed by atoms with van der Waals surface area (Å²) in [6, 6.07) is 0. The van der Waals surface area contributed by atoms with Gasteiger partial charge in [0, 0.05) is 13.6 Å². The van der Waals surface area contributed by atoms with Crippen LogP contribution < -0.4 is 11.1 Å². The van der Waals surface area contributed by atoms with Gasteiger partial charge >= 0.3 is 0 Å². The quantitative estimate of drug-likeness (QED) is 0.814. The molecule has 1 saturated carbocycles. The zero-order chi connectivity index (χ0) is 13.8. The molecule has 4 nitrogen and oxygen atoms in total. The molecule has 0 saturated heterocycles. The fraction of sp³-hybridized carbons (Fsp3) is 0.714. The SMILES string of the molecule is Cc1nn(C)c(NCCC2CCCCC2)c1C(N)=S. The van der Waals surface area contributed by atoms with Crippen LogP contribution in [0.3, 0.4) is 0 Å². The maximum absolute atomic E-state index is 5.78. The van der Waals surface area contributed by atoms with Crippen molar-refractivity contribution in [2.45, 2.75) is 45.4 Å². The lowest BCUT2D eigenvalue weighted by molar-refractivity contribution is 0.345. The lowest BCUT2D eigenvalue weighted by Crippen LogP contribution is -2.17. The van der Waals surface area contributed by atoms with Gasteiger partial charge in [-0.15, -0.1) is 0 Å². The van der Waals surface area contributed by atoms with Crippen molar-refractivity contribution < 1.29 is 0 Å². The summed E-state index contributed by atoms with van der Waals surface area (Å²) >= 11 is 5.11. The van der Waals surface area contributed by atoms with Gasteiger partial charge in [0.05, 0.1) is 11.3 Å². The summed E-state index contributed by atoms with van der Waals surface area (Å²) in [5, 5.41) is 7.85. The van der Waals surface area contributed by atoms with Crippen molar-refractivity contribution >= 4 is 23.0 Å². The van der Waals surface area contributed by atoms with Gasteiger partial charge in [0.25, 0.3) is 0 Å². The minimum atomic E-state index is 0.422. The third kappa shape index (κ3) is 3.47. The number of rotatable bonds is 5. The molecule has 0 radical (unpaired) electrons. The van der Waals surface area contributed by atoms with Crippen LogP contribution in [0.4, 0.5) is 5.82 Å². The Morgan fingerprint density at radius 3 is 2.74 bits per heavy atom. The molecule has 0 bridgehead atoms. The van der Waals surface area contributed by atoms with Gasteiger partial charge in [0.1, 0.15) is 10.8 Å². The molecule has 3 N–H and O–H groups in total. The van der Waals surface area contributed by atoms with Crippen molar-refractivity contribution in [3.63, 3.8) is 0 Å². The van der Waals surface area contributed by atoms with E-state index in [1.165, 1.54) is 38.5 Å². The predicted molar refractivity (Wildman–Crippen MR) is 83.5 cm³/mol. The van der Waals surface area contributed by atoms with E-state index in [0.717, 1.165) is 29.5 Å². The van der Waals surface area contributed by atoms with E-state index in [4.69, 9.17) is 18.0 Å². The van der Waals surface area contributed by atoms with Crippen LogP contribution in [-0.4, -0.2) is 21.3 Å². The molecule has 0 aromatic carbocycles. The maximum atomic E-state index is 5.78. The smallest absolute Gasteiger partial charge is 0.134 e. The first-order valence-electron chi connectivity index (χ1n) is 7.17. The third-order valence-corrected chi connectivity index (χ3v) is 4.24. The van der Waals surface area contributed by atoms with Crippen molar-refractivity contribution in [1.29, 1.82) is 0 Å². The second-order valence-electron chi connectivity index (χ2n) is 5.52. The topological polar surface area (TPSA) is 55.9 Å². The van der Waals surface area contributed by atoms with Gasteiger partial charge in [-0.25, -0.2) is 0 Å². The number of aryl methyl sites for hydroxylation is 2. The highest BCUT2D eigenvalue weighted by Gasteiger charge is 2.16. The molecule has 0 atom stereocenters. The molecule has 0 amide bonds. The number of nitrogens with two attached hydrogens (primary N) is 1. The summed E-state index contributed by atoms with van der Waals surface area (Å²) in [6.07, 6.45) is 8.20. The average Bonchev–Trinajstić information content (AvgIpc) is 2.65. The average molecular weight is 280 g/mol. The van der Waals surface area contributed by atoms with E-state index >= 15 is 0 Å². The standard InChI is InChI=1S/C14H24N4S/c1-10-12(13(15)19)14(18(2)17-10)16-9-8-11-6-4-3-5-7-11/h11,16H,3-9H2,1-2H3,(H2,15,19). The number of nitrogens with one attached hydrogen (secondary N) is 1. The molecule has 106 valence electrons. The minimum absolute atomic E-state index is 0.422. The Balaban J connectivity index is 1.93. The molecule has 0 spiro atoms. The molecule has 1 fully saturated rings. The van der Waals surface area contributed by atoms with Crippen molar-refractivity contribution in [2.75, 3.05) is 11.9 Å². The van der Waals surface area contributed by atoms with E-state index in [-0.39, 0.29) is 0 Å². The van der Waals surface area contributed by atoms with Crippen LogP contribution in [-0.2, 0) is 7.05 Å². The molecule has 19 heavy (non-hydrogen) atoms. The van der Waals surface area contributed by atoms with Crippen LogP contribution in [0, 0.1) is 12.8 Å². The van der Waals surface area contributed by atoms with E-state index in [0.29, 0.717) is 4.99 Å². The number of nitrogens with zero attached hydrogens (tertiary/aromatic N) is 2. The van der Waals surface area contributed by atoms with Gasteiger partial charge in [-0.1, -0.05) is 44.3 Å². The van der Waals surface area contributed by atoms with Gasteiger partial charge in [0.2, 0.25) is 0 Å². The van der Waals surface area contributed by atoms with Crippen LogP contribution >= 0.6 is 12.2 Å². The van der Waals surface area contributed by atoms with Crippen LogP contribution in [0.1, 0.15) is 49.8 Å². The summed E-state index contributed by atoms with van der Waals surface area (Å²) in [5.74, 6) is 1.84. The summed E-state index contributed by atoms with van der Waals surface area (Å²) in [4.78, 5) is 0.422. The van der Waals surface area contributed by atoms with E-state index in [2.05, 4.69) is 10.4 Å². The fourth-order valence-corrected chi connectivity index (χ4v) is 3.27. The third-order valence-electron chi connectivity index (χ3n) is 4.04. The molecule has 5 heteroatoms. The van der Waals surface area contributed by atoms with Crippen molar-refractivity contribution in [3.05, 3.63) is 11.3 Å². The number of aromatic nitrogens is 2. The maximum Gasteiger partial charge on any atom is 0.134 e. The lowest BCUT2D eigenvalue weighted by atomic mass is 9.87. The van der Waals surface area contributed by atoms with Gasteiger partial charge in [0.15, 0.2) is 0 Å². The Morgan fingerprint density at radius 1 is 1.42 bits per heavy atom. The van der Waals surface area contributed by atoms with Crippen molar-refractivity contribution in [1.82, 2.24) is 9.78 Å². The van der Waals surface area contributed by atoms with Gasteiger partial charge in [-0.2, -0.15) is 5.10 Å². The Hall–Kier alpha value is -1.10. The van der Waals surface area contributed by atoms with E-state index in [9.17, 15) is 0 Å². The second-order valence-corrected chi connectivity index (χ2v) is 5.96. The molecule has 1 heterocycles. The first kappa shape index (κ1) is 14.3. The van der Waals surface area contributed by atoms with Gasteiger partial charge < -0.3 is 11.1 Å². The molecule has 1 aliphatic carbocycles. The predicted octanol–water partition coefficient (Wildman–Crippen LogP) is 2.75. The van der Waals surface area contributed by atoms with Crippen molar-refractivity contribution in [2.24, 2.45) is 18.7 Å². The minimum Gasteiger partial charge on any atom is -0.389 e. The molecule has 0 aliphatic heterocycles. The Labute approximate surface area is 120 Å². The molecule has 0 unspecified atom stereocenters. The zero-order valence-corrected chi connectivity index (χ0v) is 12.7. The summed E-state index contributed by atoms with van der Waals surface area (Å²) in [7, 11) is 1.93. The van der Waals surface area contributed by atoms with E-state index < -0.39 is 0 Å². The monoisotopic (exact) mass is 280 g/mol. The molecular formula is C14H24N4S. The Morgan fingerprint density at radius 2 is 2.11 bits per heavy atom. The Bertz CT molecular complexity index is 447. The first-order valence-corrected chi connectivity index (χ1v) is 7.57. The summed E-state index contributed by atoms with van der Waals surface area (Å²) in [5.41, 5.74) is 7.57. The van der Waals surface area contributed by atoms with Crippen LogP contribution in [0.25, 0.3) is 0 Å². The zero-order valence-electron chi connectivity index (χ0n) is 11.9. The van der Waals surface area contributed by atoms with E-state index in [1.54, 1.807) is 0 Å². The van der Waals surface area contributed by atoms with Gasteiger partial charge in [-0.3, -0.25) is 4.68 Å². The number of anilines is 1. The molecular weight excluding hydrogens is 256 g/mol. The fourth-order valence-electron chi connectivity index (χ4n) is 3.03.